The van der Waals surface area contributed by atoms with Gasteiger partial charge in [0.25, 0.3) is 0 Å². The van der Waals surface area contributed by atoms with Crippen LogP contribution in [0.15, 0.2) is 30.3 Å². The highest BCUT2D eigenvalue weighted by Crippen LogP contribution is 2.04. The Hall–Kier alpha value is -1.15. The second-order valence-corrected chi connectivity index (χ2v) is 4.17. The van der Waals surface area contributed by atoms with E-state index in [1.165, 1.54) is 5.56 Å². The SMILES string of the molecule is CCCC[C@H](NCc1ccccc1)C(C)=O. The summed E-state index contributed by atoms with van der Waals surface area (Å²) in [6, 6.07) is 10.2. The molecule has 0 fully saturated rings. The summed E-state index contributed by atoms with van der Waals surface area (Å²) < 4.78 is 0. The van der Waals surface area contributed by atoms with Crippen molar-refractivity contribution in [1.29, 1.82) is 0 Å². The number of nitrogens with one attached hydrogen (secondary N) is 1. The number of hydrogen-bond donors (Lipinski definition) is 1. The Balaban J connectivity index is 2.41. The van der Waals surface area contributed by atoms with Gasteiger partial charge in [-0.2, -0.15) is 0 Å². The van der Waals surface area contributed by atoms with E-state index in [0.29, 0.717) is 0 Å². The lowest BCUT2D eigenvalue weighted by Gasteiger charge is -2.15. The molecule has 2 nitrogen and oxygen atoms in total. The second-order valence-electron chi connectivity index (χ2n) is 4.17. The lowest BCUT2D eigenvalue weighted by atomic mass is 10.1. The van der Waals surface area contributed by atoms with Crippen molar-refractivity contribution in [2.75, 3.05) is 0 Å². The Morgan fingerprint density at radius 2 is 2.00 bits per heavy atom. The van der Waals surface area contributed by atoms with Gasteiger partial charge in [-0.15, -0.1) is 0 Å². The Morgan fingerprint density at radius 1 is 1.31 bits per heavy atom. The van der Waals surface area contributed by atoms with Gasteiger partial charge in [-0.25, -0.2) is 0 Å². The first-order chi connectivity index (χ1) is 7.74. The van der Waals surface area contributed by atoms with Gasteiger partial charge in [-0.1, -0.05) is 50.1 Å². The number of carbonyl (C=O) groups excluding carboxylic acids is 1. The molecular weight excluding hydrogens is 198 g/mol. The zero-order valence-corrected chi connectivity index (χ0v) is 10.2. The first kappa shape index (κ1) is 12.9. The molecule has 0 saturated carbocycles. The van der Waals surface area contributed by atoms with Crippen molar-refractivity contribution in [3.05, 3.63) is 35.9 Å². The van der Waals surface area contributed by atoms with Crippen LogP contribution in [0.5, 0.6) is 0 Å². The maximum absolute atomic E-state index is 11.4. The molecule has 1 rings (SSSR count). The highest BCUT2D eigenvalue weighted by atomic mass is 16.1. The summed E-state index contributed by atoms with van der Waals surface area (Å²) in [7, 11) is 0. The summed E-state index contributed by atoms with van der Waals surface area (Å²) in [4.78, 5) is 11.4. The van der Waals surface area contributed by atoms with Crippen LogP contribution in [-0.4, -0.2) is 11.8 Å². The molecule has 1 aromatic carbocycles. The maximum atomic E-state index is 11.4. The molecule has 1 aromatic rings. The largest absolute Gasteiger partial charge is 0.303 e. The minimum atomic E-state index is 0.0140. The van der Waals surface area contributed by atoms with E-state index in [1.54, 1.807) is 6.92 Å². The average Bonchev–Trinajstić information content (AvgIpc) is 2.30. The van der Waals surface area contributed by atoms with Gasteiger partial charge in [0.1, 0.15) is 5.78 Å². The Labute approximate surface area is 98.1 Å². The number of carbonyl (C=O) groups is 1. The van der Waals surface area contributed by atoms with Crippen molar-refractivity contribution in [1.82, 2.24) is 5.32 Å². The predicted molar refractivity (Wildman–Crippen MR) is 67.3 cm³/mol. The topological polar surface area (TPSA) is 29.1 Å². The van der Waals surface area contributed by atoms with Crippen LogP contribution >= 0.6 is 0 Å². The number of benzene rings is 1. The van der Waals surface area contributed by atoms with Crippen LogP contribution in [0.4, 0.5) is 0 Å². The molecule has 0 spiro atoms. The Morgan fingerprint density at radius 3 is 2.56 bits per heavy atom. The van der Waals surface area contributed by atoms with E-state index in [0.717, 1.165) is 25.8 Å². The van der Waals surface area contributed by atoms with Crippen LogP contribution < -0.4 is 5.32 Å². The molecule has 0 saturated heterocycles. The summed E-state index contributed by atoms with van der Waals surface area (Å²) in [6.07, 6.45) is 3.18. The van der Waals surface area contributed by atoms with Crippen molar-refractivity contribution in [3.8, 4) is 0 Å². The molecule has 1 N–H and O–H groups in total. The van der Waals surface area contributed by atoms with E-state index < -0.39 is 0 Å². The van der Waals surface area contributed by atoms with E-state index >= 15 is 0 Å². The van der Waals surface area contributed by atoms with Crippen molar-refractivity contribution in [3.63, 3.8) is 0 Å². The van der Waals surface area contributed by atoms with E-state index in [2.05, 4.69) is 24.4 Å². The summed E-state index contributed by atoms with van der Waals surface area (Å²) in [5, 5.41) is 3.32. The molecule has 2 heteroatoms. The molecule has 0 aliphatic heterocycles. The van der Waals surface area contributed by atoms with Gasteiger partial charge in [-0.3, -0.25) is 4.79 Å². The average molecular weight is 219 g/mol. The van der Waals surface area contributed by atoms with Gasteiger partial charge in [0.15, 0.2) is 0 Å². The normalized spacial score (nSPS) is 12.4. The van der Waals surface area contributed by atoms with Gasteiger partial charge in [0, 0.05) is 6.54 Å². The zero-order valence-electron chi connectivity index (χ0n) is 10.2. The molecular formula is C14H21NO. The smallest absolute Gasteiger partial charge is 0.146 e. The minimum Gasteiger partial charge on any atom is -0.303 e. The van der Waals surface area contributed by atoms with E-state index in [1.807, 2.05) is 18.2 Å². The first-order valence-electron chi connectivity index (χ1n) is 6.01. The molecule has 0 aliphatic carbocycles. The van der Waals surface area contributed by atoms with Crippen LogP contribution in [0.25, 0.3) is 0 Å². The third-order valence-electron chi connectivity index (χ3n) is 2.73. The number of ketones is 1. The van der Waals surface area contributed by atoms with Crippen LogP contribution in [-0.2, 0) is 11.3 Å². The Kier molecular flexibility index (Phi) is 5.79. The third-order valence-corrected chi connectivity index (χ3v) is 2.73. The summed E-state index contributed by atoms with van der Waals surface area (Å²) in [6.45, 7) is 4.58. The molecule has 0 amide bonds. The number of Topliss-reactive ketones (excluding diaryl/α,β-unsaturated/α-hetero) is 1. The molecule has 16 heavy (non-hydrogen) atoms. The fourth-order valence-corrected chi connectivity index (χ4v) is 1.69. The molecule has 0 bridgehead atoms. The summed E-state index contributed by atoms with van der Waals surface area (Å²) >= 11 is 0. The molecule has 0 aromatic heterocycles. The molecule has 0 aliphatic rings. The Bertz CT molecular complexity index is 308. The van der Waals surface area contributed by atoms with Crippen LogP contribution in [0.3, 0.4) is 0 Å². The van der Waals surface area contributed by atoms with Crippen LogP contribution in [0.1, 0.15) is 38.7 Å². The van der Waals surface area contributed by atoms with Gasteiger partial charge in [0.05, 0.1) is 6.04 Å². The fourth-order valence-electron chi connectivity index (χ4n) is 1.69. The van der Waals surface area contributed by atoms with Gasteiger partial charge in [0.2, 0.25) is 0 Å². The van der Waals surface area contributed by atoms with Gasteiger partial charge >= 0.3 is 0 Å². The van der Waals surface area contributed by atoms with Crippen molar-refractivity contribution < 1.29 is 4.79 Å². The lowest BCUT2D eigenvalue weighted by molar-refractivity contribution is -0.119. The number of rotatable bonds is 7. The monoisotopic (exact) mass is 219 g/mol. The second kappa shape index (κ2) is 7.18. The third kappa shape index (κ3) is 4.58. The lowest BCUT2D eigenvalue weighted by Crippen LogP contribution is -2.34. The molecule has 0 radical (unpaired) electrons. The van der Waals surface area contributed by atoms with E-state index in [4.69, 9.17) is 0 Å². The van der Waals surface area contributed by atoms with Crippen LogP contribution in [0, 0.1) is 0 Å². The van der Waals surface area contributed by atoms with E-state index in [9.17, 15) is 4.79 Å². The molecule has 88 valence electrons. The predicted octanol–water partition coefficient (Wildman–Crippen LogP) is 2.92. The van der Waals surface area contributed by atoms with Gasteiger partial charge in [-0.05, 0) is 18.9 Å². The summed E-state index contributed by atoms with van der Waals surface area (Å²) in [5.41, 5.74) is 1.23. The molecule has 0 heterocycles. The summed E-state index contributed by atoms with van der Waals surface area (Å²) in [5.74, 6) is 0.240. The van der Waals surface area contributed by atoms with Crippen molar-refractivity contribution in [2.24, 2.45) is 0 Å². The maximum Gasteiger partial charge on any atom is 0.146 e. The standard InChI is InChI=1S/C14H21NO/c1-3-4-10-14(12(2)16)15-11-13-8-6-5-7-9-13/h5-9,14-15H,3-4,10-11H2,1-2H3/t14-/m0/s1. The fraction of sp³-hybridized carbons (Fsp3) is 0.500. The highest BCUT2D eigenvalue weighted by Gasteiger charge is 2.12. The highest BCUT2D eigenvalue weighted by molar-refractivity contribution is 5.81. The minimum absolute atomic E-state index is 0.0140. The van der Waals surface area contributed by atoms with Gasteiger partial charge < -0.3 is 5.32 Å². The quantitative estimate of drug-likeness (QED) is 0.764. The van der Waals surface area contributed by atoms with Crippen molar-refractivity contribution >= 4 is 5.78 Å². The zero-order chi connectivity index (χ0) is 11.8. The molecule has 0 unspecified atom stereocenters. The van der Waals surface area contributed by atoms with E-state index in [-0.39, 0.29) is 11.8 Å². The number of unbranched alkanes of at least 4 members (excludes halogenated alkanes) is 1. The van der Waals surface area contributed by atoms with Crippen molar-refractivity contribution in [2.45, 2.75) is 45.7 Å². The first-order valence-corrected chi connectivity index (χ1v) is 6.01. The number of hydrogen-bond acceptors (Lipinski definition) is 2. The van der Waals surface area contributed by atoms with Crippen LogP contribution in [0.2, 0.25) is 0 Å². The molecule has 1 atom stereocenters.